The average molecular weight is 385 g/mol. The Morgan fingerprint density at radius 3 is 2.67 bits per heavy atom. The second kappa shape index (κ2) is 7.78. The molecule has 27 heavy (non-hydrogen) atoms. The third-order valence-electron chi connectivity index (χ3n) is 5.19. The highest BCUT2D eigenvalue weighted by Crippen LogP contribution is 2.23. The largest absolute Gasteiger partial charge is 0.361 e. The summed E-state index contributed by atoms with van der Waals surface area (Å²) in [5.41, 5.74) is 3.03. The molecule has 1 aliphatic rings. The molecule has 1 saturated heterocycles. The Bertz CT molecular complexity index is 888. The van der Waals surface area contributed by atoms with Gasteiger partial charge in [0.1, 0.15) is 10.8 Å². The number of aryl methyl sites for hydroxylation is 2. The summed E-state index contributed by atoms with van der Waals surface area (Å²) in [6, 6.07) is 8.26. The van der Waals surface area contributed by atoms with Crippen molar-refractivity contribution in [2.45, 2.75) is 33.2 Å². The fraction of sp³-hybridized carbons (Fsp3) is 0.450. The van der Waals surface area contributed by atoms with Gasteiger partial charge in [0.2, 0.25) is 5.91 Å². The van der Waals surface area contributed by atoms with Crippen LogP contribution in [0.4, 0.5) is 0 Å². The molecule has 2 aromatic heterocycles. The van der Waals surface area contributed by atoms with Crippen LogP contribution in [-0.4, -0.2) is 52.0 Å². The Balaban J connectivity index is 1.27. The molecule has 0 saturated carbocycles. The molecule has 0 aliphatic carbocycles. The number of fused-ring (bicyclic) bond motifs is 1. The number of benzene rings is 1. The molecule has 4 rings (SSSR count). The van der Waals surface area contributed by atoms with Gasteiger partial charge >= 0.3 is 0 Å². The average Bonchev–Trinajstić information content (AvgIpc) is 3.23. The van der Waals surface area contributed by atoms with Crippen molar-refractivity contribution in [3.63, 3.8) is 0 Å². The van der Waals surface area contributed by atoms with Crippen LogP contribution in [0.15, 0.2) is 28.8 Å². The molecule has 3 heterocycles. The lowest BCUT2D eigenvalue weighted by atomic mass is 10.1. The molecule has 6 nitrogen and oxygen atoms in total. The molecule has 1 amide bonds. The lowest BCUT2D eigenvalue weighted by Crippen LogP contribution is -2.48. The number of aromatic nitrogens is 2. The Morgan fingerprint density at radius 2 is 1.96 bits per heavy atom. The van der Waals surface area contributed by atoms with E-state index in [-0.39, 0.29) is 5.91 Å². The summed E-state index contributed by atoms with van der Waals surface area (Å²) in [5.74, 6) is 1.04. The number of thiazole rings is 1. The van der Waals surface area contributed by atoms with Crippen LogP contribution in [0.5, 0.6) is 0 Å². The van der Waals surface area contributed by atoms with E-state index in [1.54, 1.807) is 11.3 Å². The van der Waals surface area contributed by atoms with Crippen molar-refractivity contribution in [3.05, 3.63) is 46.3 Å². The van der Waals surface area contributed by atoms with Crippen molar-refractivity contribution in [1.82, 2.24) is 19.9 Å². The number of nitrogens with zero attached hydrogens (tertiary/aromatic N) is 4. The predicted octanol–water partition coefficient (Wildman–Crippen LogP) is 3.18. The second-order valence-corrected chi connectivity index (χ2v) is 8.15. The van der Waals surface area contributed by atoms with Gasteiger partial charge in [0.25, 0.3) is 0 Å². The van der Waals surface area contributed by atoms with E-state index < -0.39 is 0 Å². The van der Waals surface area contributed by atoms with Gasteiger partial charge < -0.3 is 9.42 Å². The highest BCUT2D eigenvalue weighted by atomic mass is 32.1. The first kappa shape index (κ1) is 18.1. The normalized spacial score (nSPS) is 15.6. The van der Waals surface area contributed by atoms with E-state index in [2.05, 4.69) is 28.3 Å². The van der Waals surface area contributed by atoms with Crippen LogP contribution >= 0.6 is 11.3 Å². The highest BCUT2D eigenvalue weighted by Gasteiger charge is 2.22. The monoisotopic (exact) mass is 384 g/mol. The summed E-state index contributed by atoms with van der Waals surface area (Å²) in [6.07, 6.45) is 1.21. The molecule has 0 bridgehead atoms. The van der Waals surface area contributed by atoms with Crippen molar-refractivity contribution in [3.8, 4) is 0 Å². The van der Waals surface area contributed by atoms with E-state index in [1.807, 2.05) is 24.8 Å². The van der Waals surface area contributed by atoms with Crippen LogP contribution in [0.1, 0.15) is 28.4 Å². The fourth-order valence-electron chi connectivity index (χ4n) is 3.58. The van der Waals surface area contributed by atoms with Gasteiger partial charge in [0.15, 0.2) is 0 Å². The summed E-state index contributed by atoms with van der Waals surface area (Å²) in [4.78, 5) is 21.6. The van der Waals surface area contributed by atoms with Crippen LogP contribution in [0.25, 0.3) is 10.2 Å². The summed E-state index contributed by atoms with van der Waals surface area (Å²) in [7, 11) is 0. The first-order chi connectivity index (χ1) is 13.1. The van der Waals surface area contributed by atoms with E-state index in [0.29, 0.717) is 12.8 Å². The zero-order valence-electron chi connectivity index (χ0n) is 15.8. The number of hydrogen-bond acceptors (Lipinski definition) is 6. The molecule has 142 valence electrons. The number of para-hydroxylation sites is 1. The van der Waals surface area contributed by atoms with Crippen LogP contribution in [-0.2, 0) is 17.8 Å². The molecule has 1 fully saturated rings. The van der Waals surface area contributed by atoms with E-state index >= 15 is 0 Å². The molecule has 0 atom stereocenters. The molecule has 1 aliphatic heterocycles. The minimum absolute atomic E-state index is 0.217. The second-order valence-electron chi connectivity index (χ2n) is 7.03. The van der Waals surface area contributed by atoms with E-state index in [1.165, 1.54) is 4.70 Å². The van der Waals surface area contributed by atoms with Crippen LogP contribution in [0.2, 0.25) is 0 Å². The zero-order chi connectivity index (χ0) is 18.8. The van der Waals surface area contributed by atoms with Gasteiger partial charge in [-0.15, -0.1) is 11.3 Å². The van der Waals surface area contributed by atoms with Gasteiger partial charge in [-0.25, -0.2) is 4.98 Å². The zero-order valence-corrected chi connectivity index (χ0v) is 16.6. The van der Waals surface area contributed by atoms with E-state index in [9.17, 15) is 4.79 Å². The first-order valence-electron chi connectivity index (χ1n) is 9.36. The van der Waals surface area contributed by atoms with Gasteiger partial charge in [-0.3, -0.25) is 9.69 Å². The third-order valence-corrected chi connectivity index (χ3v) is 6.21. The van der Waals surface area contributed by atoms with E-state index in [4.69, 9.17) is 9.51 Å². The number of carbonyl (C=O) groups is 1. The number of piperazine rings is 1. The maximum absolute atomic E-state index is 12.5. The quantitative estimate of drug-likeness (QED) is 0.676. The number of rotatable bonds is 5. The Labute approximate surface area is 162 Å². The minimum Gasteiger partial charge on any atom is -0.361 e. The molecule has 3 aromatic rings. The molecular weight excluding hydrogens is 360 g/mol. The molecule has 7 heteroatoms. The molecule has 0 N–H and O–H groups in total. The molecule has 1 aromatic carbocycles. The fourth-order valence-corrected chi connectivity index (χ4v) is 4.59. The van der Waals surface area contributed by atoms with Gasteiger partial charge in [-0.2, -0.15) is 0 Å². The van der Waals surface area contributed by atoms with Crippen molar-refractivity contribution in [2.75, 3.05) is 26.2 Å². The molecular formula is C20H24N4O2S. The third kappa shape index (κ3) is 4.04. The Hall–Kier alpha value is -2.25. The smallest absolute Gasteiger partial charge is 0.222 e. The number of hydrogen-bond donors (Lipinski definition) is 0. The Morgan fingerprint density at radius 1 is 1.19 bits per heavy atom. The SMILES string of the molecule is Cc1noc(C)c1CCC(=O)N1CCN(Cc2nc3ccccc3s2)CC1. The molecule has 0 unspecified atom stereocenters. The standard InChI is InChI=1S/C20H24N4O2S/c1-14-16(15(2)26-22-14)7-8-20(25)24-11-9-23(10-12-24)13-19-21-17-5-3-4-6-18(17)27-19/h3-6H,7-13H2,1-2H3. The van der Waals surface area contributed by atoms with Crippen molar-refractivity contribution in [2.24, 2.45) is 0 Å². The first-order valence-corrected chi connectivity index (χ1v) is 10.2. The number of carbonyl (C=O) groups excluding carboxylic acids is 1. The lowest BCUT2D eigenvalue weighted by molar-refractivity contribution is -0.133. The summed E-state index contributed by atoms with van der Waals surface area (Å²) < 4.78 is 6.42. The lowest BCUT2D eigenvalue weighted by Gasteiger charge is -2.34. The minimum atomic E-state index is 0.217. The van der Waals surface area contributed by atoms with Gasteiger partial charge in [0.05, 0.1) is 22.5 Å². The van der Waals surface area contributed by atoms with Gasteiger partial charge in [-0.05, 0) is 32.4 Å². The van der Waals surface area contributed by atoms with Crippen molar-refractivity contribution in [1.29, 1.82) is 0 Å². The predicted molar refractivity (Wildman–Crippen MR) is 106 cm³/mol. The molecule has 0 radical (unpaired) electrons. The van der Waals surface area contributed by atoms with Gasteiger partial charge in [-0.1, -0.05) is 17.3 Å². The summed E-state index contributed by atoms with van der Waals surface area (Å²) >= 11 is 1.76. The Kier molecular flexibility index (Phi) is 5.22. The van der Waals surface area contributed by atoms with Gasteiger partial charge in [0, 0.05) is 38.2 Å². The summed E-state index contributed by atoms with van der Waals surface area (Å²) in [6.45, 7) is 8.05. The summed E-state index contributed by atoms with van der Waals surface area (Å²) in [5, 5.41) is 5.11. The number of amides is 1. The topological polar surface area (TPSA) is 62.5 Å². The maximum atomic E-state index is 12.5. The van der Waals surface area contributed by atoms with E-state index in [0.717, 1.165) is 60.3 Å². The molecule has 0 spiro atoms. The van der Waals surface area contributed by atoms with Crippen LogP contribution in [0, 0.1) is 13.8 Å². The maximum Gasteiger partial charge on any atom is 0.222 e. The van der Waals surface area contributed by atoms with Crippen molar-refractivity contribution < 1.29 is 9.32 Å². The highest BCUT2D eigenvalue weighted by molar-refractivity contribution is 7.18. The van der Waals surface area contributed by atoms with Crippen LogP contribution in [0.3, 0.4) is 0 Å². The van der Waals surface area contributed by atoms with Crippen LogP contribution < -0.4 is 0 Å². The van der Waals surface area contributed by atoms with Crippen molar-refractivity contribution >= 4 is 27.5 Å².